The van der Waals surface area contributed by atoms with Crippen molar-refractivity contribution >= 4 is 0 Å². The maximum absolute atomic E-state index is 4.48. The second-order valence-corrected chi connectivity index (χ2v) is 3.91. The van der Waals surface area contributed by atoms with Crippen LogP contribution in [0.15, 0.2) is 18.3 Å². The van der Waals surface area contributed by atoms with Gasteiger partial charge in [0.1, 0.15) is 0 Å². The van der Waals surface area contributed by atoms with Gasteiger partial charge in [0.05, 0.1) is 11.7 Å². The molecule has 1 rings (SSSR count). The van der Waals surface area contributed by atoms with Gasteiger partial charge in [-0.15, -0.1) is 0 Å². The van der Waals surface area contributed by atoms with Crippen LogP contribution >= 0.6 is 0 Å². The molecule has 0 aliphatic carbocycles. The fourth-order valence-electron chi connectivity index (χ4n) is 1.82. The highest BCUT2D eigenvalue weighted by molar-refractivity contribution is 5.23. The van der Waals surface area contributed by atoms with E-state index in [2.05, 4.69) is 37.1 Å². The third kappa shape index (κ3) is 2.32. The van der Waals surface area contributed by atoms with E-state index in [4.69, 9.17) is 0 Å². The second kappa shape index (κ2) is 5.11. The van der Waals surface area contributed by atoms with Crippen LogP contribution in [0.25, 0.3) is 0 Å². The predicted octanol–water partition coefficient (Wildman–Crippen LogP) is 2.56. The quantitative estimate of drug-likeness (QED) is 0.793. The van der Waals surface area contributed by atoms with E-state index in [1.165, 1.54) is 11.3 Å². The molecule has 0 aliphatic rings. The normalized spacial score (nSPS) is 13.2. The SMILES string of the molecule is CCc1cccnc1C(NC)C(C)C. The Morgan fingerprint density at radius 2 is 2.14 bits per heavy atom. The van der Waals surface area contributed by atoms with Gasteiger partial charge in [0, 0.05) is 6.20 Å². The average molecular weight is 192 g/mol. The molecule has 0 aliphatic heterocycles. The number of hydrogen-bond donors (Lipinski definition) is 1. The summed E-state index contributed by atoms with van der Waals surface area (Å²) in [5.41, 5.74) is 2.55. The Balaban J connectivity index is 3.02. The number of pyridine rings is 1. The van der Waals surface area contributed by atoms with Crippen LogP contribution in [0.1, 0.15) is 38.1 Å². The van der Waals surface area contributed by atoms with Crippen LogP contribution in [0.4, 0.5) is 0 Å². The third-order valence-corrected chi connectivity index (χ3v) is 2.58. The molecule has 2 heteroatoms. The minimum absolute atomic E-state index is 0.367. The number of hydrogen-bond acceptors (Lipinski definition) is 2. The second-order valence-electron chi connectivity index (χ2n) is 3.91. The maximum atomic E-state index is 4.48. The first-order valence-electron chi connectivity index (χ1n) is 5.31. The summed E-state index contributed by atoms with van der Waals surface area (Å²) in [6.07, 6.45) is 2.93. The topological polar surface area (TPSA) is 24.9 Å². The zero-order valence-corrected chi connectivity index (χ0v) is 9.54. The van der Waals surface area contributed by atoms with Crippen molar-refractivity contribution in [3.8, 4) is 0 Å². The lowest BCUT2D eigenvalue weighted by molar-refractivity contribution is 0.430. The standard InChI is InChI=1S/C12H20N2/c1-5-10-7-6-8-14-12(10)11(13-4)9(2)3/h6-9,11,13H,5H2,1-4H3. The van der Waals surface area contributed by atoms with Gasteiger partial charge in [0.25, 0.3) is 0 Å². The first kappa shape index (κ1) is 11.2. The summed E-state index contributed by atoms with van der Waals surface area (Å²) < 4.78 is 0. The molecule has 1 heterocycles. The van der Waals surface area contributed by atoms with Gasteiger partial charge in [0.2, 0.25) is 0 Å². The molecule has 1 aromatic heterocycles. The van der Waals surface area contributed by atoms with E-state index in [0.717, 1.165) is 6.42 Å². The molecule has 0 amide bonds. The summed E-state index contributed by atoms with van der Waals surface area (Å²) in [4.78, 5) is 4.48. The van der Waals surface area contributed by atoms with Crippen molar-refractivity contribution in [3.05, 3.63) is 29.6 Å². The molecule has 0 aromatic carbocycles. The smallest absolute Gasteiger partial charge is 0.0607 e. The first-order chi connectivity index (χ1) is 6.70. The largest absolute Gasteiger partial charge is 0.311 e. The highest BCUT2D eigenvalue weighted by Crippen LogP contribution is 2.22. The number of rotatable bonds is 4. The number of aromatic nitrogens is 1. The number of aryl methyl sites for hydroxylation is 1. The van der Waals surface area contributed by atoms with E-state index >= 15 is 0 Å². The van der Waals surface area contributed by atoms with Crippen LogP contribution < -0.4 is 5.32 Å². The summed E-state index contributed by atoms with van der Waals surface area (Å²) in [6.45, 7) is 6.61. The molecule has 0 bridgehead atoms. The Bertz CT molecular complexity index is 281. The van der Waals surface area contributed by atoms with Gasteiger partial charge in [-0.25, -0.2) is 0 Å². The van der Waals surface area contributed by atoms with Gasteiger partial charge in [-0.1, -0.05) is 26.8 Å². The summed E-state index contributed by atoms with van der Waals surface area (Å²) in [5, 5.41) is 3.33. The summed E-state index contributed by atoms with van der Waals surface area (Å²) in [7, 11) is 2.00. The highest BCUT2D eigenvalue weighted by Gasteiger charge is 2.17. The van der Waals surface area contributed by atoms with Crippen molar-refractivity contribution in [1.29, 1.82) is 0 Å². The number of nitrogens with zero attached hydrogens (tertiary/aromatic N) is 1. The molecule has 1 unspecified atom stereocenters. The molecule has 2 nitrogen and oxygen atoms in total. The summed E-state index contributed by atoms with van der Waals surface area (Å²) in [6, 6.07) is 4.54. The molecule has 0 radical (unpaired) electrons. The van der Waals surface area contributed by atoms with Crippen molar-refractivity contribution < 1.29 is 0 Å². The first-order valence-corrected chi connectivity index (χ1v) is 5.31. The fraction of sp³-hybridized carbons (Fsp3) is 0.583. The van der Waals surface area contributed by atoms with E-state index in [9.17, 15) is 0 Å². The van der Waals surface area contributed by atoms with Crippen LogP contribution in [0, 0.1) is 5.92 Å². The zero-order chi connectivity index (χ0) is 10.6. The van der Waals surface area contributed by atoms with E-state index in [1.807, 2.05) is 19.3 Å². The molecule has 0 saturated heterocycles. The van der Waals surface area contributed by atoms with Crippen molar-refractivity contribution in [2.75, 3.05) is 7.05 Å². The molecular weight excluding hydrogens is 172 g/mol. The van der Waals surface area contributed by atoms with Gasteiger partial charge in [-0.2, -0.15) is 0 Å². The average Bonchev–Trinajstić information content (AvgIpc) is 2.19. The lowest BCUT2D eigenvalue weighted by Crippen LogP contribution is -2.24. The van der Waals surface area contributed by atoms with Gasteiger partial charge in [-0.3, -0.25) is 4.98 Å². The summed E-state index contributed by atoms with van der Waals surface area (Å²) >= 11 is 0. The lowest BCUT2D eigenvalue weighted by atomic mass is 9.96. The number of nitrogens with one attached hydrogen (secondary N) is 1. The van der Waals surface area contributed by atoms with Crippen LogP contribution in [-0.2, 0) is 6.42 Å². The van der Waals surface area contributed by atoms with Crippen molar-refractivity contribution in [2.24, 2.45) is 5.92 Å². The van der Waals surface area contributed by atoms with Crippen LogP contribution in [0.5, 0.6) is 0 Å². The van der Waals surface area contributed by atoms with Crippen molar-refractivity contribution in [2.45, 2.75) is 33.2 Å². The van der Waals surface area contributed by atoms with E-state index in [-0.39, 0.29) is 0 Å². The van der Waals surface area contributed by atoms with Gasteiger partial charge in [0.15, 0.2) is 0 Å². The molecule has 78 valence electrons. The Labute approximate surface area is 86.8 Å². The van der Waals surface area contributed by atoms with Crippen LogP contribution in [0.2, 0.25) is 0 Å². The zero-order valence-electron chi connectivity index (χ0n) is 9.54. The fourth-order valence-corrected chi connectivity index (χ4v) is 1.82. The Hall–Kier alpha value is -0.890. The third-order valence-electron chi connectivity index (χ3n) is 2.58. The molecule has 0 saturated carbocycles. The van der Waals surface area contributed by atoms with Gasteiger partial charge < -0.3 is 5.32 Å². The molecule has 0 fully saturated rings. The molecule has 0 spiro atoms. The Morgan fingerprint density at radius 3 is 2.64 bits per heavy atom. The van der Waals surface area contributed by atoms with Crippen LogP contribution in [0.3, 0.4) is 0 Å². The maximum Gasteiger partial charge on any atom is 0.0607 e. The van der Waals surface area contributed by atoms with E-state index < -0.39 is 0 Å². The van der Waals surface area contributed by atoms with Crippen LogP contribution in [-0.4, -0.2) is 12.0 Å². The molecular formula is C12H20N2. The monoisotopic (exact) mass is 192 g/mol. The van der Waals surface area contributed by atoms with E-state index in [1.54, 1.807) is 0 Å². The Morgan fingerprint density at radius 1 is 1.43 bits per heavy atom. The summed E-state index contributed by atoms with van der Waals surface area (Å²) in [5.74, 6) is 0.570. The van der Waals surface area contributed by atoms with Gasteiger partial charge >= 0.3 is 0 Å². The molecule has 14 heavy (non-hydrogen) atoms. The van der Waals surface area contributed by atoms with Gasteiger partial charge in [-0.05, 0) is 31.0 Å². The minimum Gasteiger partial charge on any atom is -0.311 e. The molecule has 1 N–H and O–H groups in total. The molecule has 1 aromatic rings. The minimum atomic E-state index is 0.367. The lowest BCUT2D eigenvalue weighted by Gasteiger charge is -2.21. The van der Waals surface area contributed by atoms with Crippen molar-refractivity contribution in [1.82, 2.24) is 10.3 Å². The predicted molar refractivity (Wildman–Crippen MR) is 60.3 cm³/mol. The molecule has 1 atom stereocenters. The highest BCUT2D eigenvalue weighted by atomic mass is 14.9. The Kier molecular flexibility index (Phi) is 4.08. The van der Waals surface area contributed by atoms with Crippen molar-refractivity contribution in [3.63, 3.8) is 0 Å². The van der Waals surface area contributed by atoms with E-state index in [0.29, 0.717) is 12.0 Å².